The molecule has 0 aromatic carbocycles. The van der Waals surface area contributed by atoms with Crippen LogP contribution in [0.4, 0.5) is 4.79 Å². The third kappa shape index (κ3) is 1.69. The number of piperidine rings is 1. The molecule has 2 amide bonds. The molecule has 2 heterocycles. The van der Waals surface area contributed by atoms with Gasteiger partial charge in [0.1, 0.15) is 0 Å². The summed E-state index contributed by atoms with van der Waals surface area (Å²) < 4.78 is 0. The van der Waals surface area contributed by atoms with Crippen molar-refractivity contribution in [2.24, 2.45) is 0 Å². The van der Waals surface area contributed by atoms with Crippen molar-refractivity contribution in [1.82, 2.24) is 10.2 Å². The highest BCUT2D eigenvalue weighted by Gasteiger charge is 2.41. The lowest BCUT2D eigenvalue weighted by atomic mass is 9.85. The predicted molar refractivity (Wildman–Crippen MR) is 53.4 cm³/mol. The molecule has 2 N–H and O–H groups in total. The number of nitrogens with one attached hydrogen (secondary N) is 1. The fourth-order valence-electron chi connectivity index (χ4n) is 2.39. The Bertz CT molecular complexity index is 340. The number of carbonyl (C=O) groups is 2. The van der Waals surface area contributed by atoms with Crippen molar-refractivity contribution < 1.29 is 14.7 Å². The van der Waals surface area contributed by atoms with Crippen molar-refractivity contribution in [1.29, 1.82) is 0 Å². The number of hydrogen-bond acceptors (Lipinski definition) is 2. The number of rotatable bonds is 0. The summed E-state index contributed by atoms with van der Waals surface area (Å²) in [4.78, 5) is 23.4. The maximum absolute atomic E-state index is 11.1. The van der Waals surface area contributed by atoms with Gasteiger partial charge in [0.15, 0.2) is 0 Å². The minimum atomic E-state index is -0.884. The summed E-state index contributed by atoms with van der Waals surface area (Å²) in [5.41, 5.74) is -0.303. The highest BCUT2D eigenvalue weighted by molar-refractivity contribution is 5.91. The van der Waals surface area contributed by atoms with Crippen molar-refractivity contribution in [3.8, 4) is 0 Å². The molecule has 0 saturated carbocycles. The Hall–Kier alpha value is -1.52. The summed E-state index contributed by atoms with van der Waals surface area (Å²) in [5.74, 6) is -0.0778. The SMILES string of the molecule is C[C@H]1C[C@@]2(C=CC(=O)N2)CCN1C(=O)O. The van der Waals surface area contributed by atoms with Crippen molar-refractivity contribution in [2.45, 2.75) is 31.3 Å². The van der Waals surface area contributed by atoms with Gasteiger partial charge in [0.05, 0.1) is 5.54 Å². The molecule has 1 fully saturated rings. The minimum absolute atomic E-state index is 0.0562. The van der Waals surface area contributed by atoms with Gasteiger partial charge in [-0.15, -0.1) is 0 Å². The molecule has 0 aliphatic carbocycles. The fraction of sp³-hybridized carbons (Fsp3) is 0.600. The van der Waals surface area contributed by atoms with Crippen LogP contribution in [0, 0.1) is 0 Å². The van der Waals surface area contributed by atoms with Crippen LogP contribution >= 0.6 is 0 Å². The summed E-state index contributed by atoms with van der Waals surface area (Å²) in [5, 5.41) is 11.8. The number of carboxylic acid groups (broad SMARTS) is 1. The van der Waals surface area contributed by atoms with E-state index in [1.165, 1.54) is 11.0 Å². The van der Waals surface area contributed by atoms with E-state index in [0.29, 0.717) is 19.4 Å². The van der Waals surface area contributed by atoms with Crippen LogP contribution in [0.25, 0.3) is 0 Å². The molecule has 2 rings (SSSR count). The Labute approximate surface area is 87.7 Å². The topological polar surface area (TPSA) is 69.6 Å². The molecule has 1 spiro atoms. The van der Waals surface area contributed by atoms with Gasteiger partial charge in [-0.25, -0.2) is 4.79 Å². The molecule has 2 aliphatic rings. The molecule has 0 bridgehead atoms. The second-order valence-electron chi connectivity index (χ2n) is 4.26. The van der Waals surface area contributed by atoms with Crippen molar-refractivity contribution in [3.63, 3.8) is 0 Å². The first-order chi connectivity index (χ1) is 7.02. The molecule has 5 nitrogen and oxygen atoms in total. The second-order valence-corrected chi connectivity index (χ2v) is 4.26. The van der Waals surface area contributed by atoms with Crippen molar-refractivity contribution in [2.75, 3.05) is 6.54 Å². The molecule has 82 valence electrons. The van der Waals surface area contributed by atoms with Gasteiger partial charge in [-0.05, 0) is 19.8 Å². The van der Waals surface area contributed by atoms with E-state index in [0.717, 1.165) is 0 Å². The van der Waals surface area contributed by atoms with Crippen LogP contribution in [0.5, 0.6) is 0 Å². The third-order valence-corrected chi connectivity index (χ3v) is 3.16. The van der Waals surface area contributed by atoms with Gasteiger partial charge in [-0.3, -0.25) is 4.79 Å². The van der Waals surface area contributed by atoms with Crippen molar-refractivity contribution in [3.05, 3.63) is 12.2 Å². The first kappa shape index (κ1) is 10.0. The lowest BCUT2D eigenvalue weighted by Gasteiger charge is -2.41. The van der Waals surface area contributed by atoms with Crippen LogP contribution in [0.15, 0.2) is 12.2 Å². The zero-order valence-electron chi connectivity index (χ0n) is 8.56. The number of hydrogen-bond donors (Lipinski definition) is 2. The Kier molecular flexibility index (Phi) is 2.17. The zero-order chi connectivity index (χ0) is 11.1. The van der Waals surface area contributed by atoms with E-state index in [1.807, 2.05) is 13.0 Å². The molecule has 0 unspecified atom stereocenters. The number of amides is 2. The third-order valence-electron chi connectivity index (χ3n) is 3.16. The van der Waals surface area contributed by atoms with E-state index >= 15 is 0 Å². The summed E-state index contributed by atoms with van der Waals surface area (Å²) in [7, 11) is 0. The van der Waals surface area contributed by atoms with E-state index in [-0.39, 0.29) is 17.5 Å². The fourth-order valence-corrected chi connectivity index (χ4v) is 2.39. The molecule has 5 heteroatoms. The average molecular weight is 210 g/mol. The van der Waals surface area contributed by atoms with E-state index in [1.54, 1.807) is 0 Å². The first-order valence-electron chi connectivity index (χ1n) is 5.03. The van der Waals surface area contributed by atoms with Gasteiger partial charge < -0.3 is 15.3 Å². The van der Waals surface area contributed by atoms with Crippen LogP contribution < -0.4 is 5.32 Å². The Morgan fingerprint density at radius 3 is 2.93 bits per heavy atom. The van der Waals surface area contributed by atoms with Crippen LogP contribution in [-0.4, -0.2) is 40.1 Å². The molecule has 0 aromatic heterocycles. The van der Waals surface area contributed by atoms with E-state index < -0.39 is 6.09 Å². The number of carbonyl (C=O) groups excluding carboxylic acids is 1. The summed E-state index contributed by atoms with van der Waals surface area (Å²) >= 11 is 0. The molecule has 1 saturated heterocycles. The molecule has 2 aliphatic heterocycles. The minimum Gasteiger partial charge on any atom is -0.465 e. The number of likely N-dealkylation sites (tertiary alicyclic amines) is 1. The Balaban J connectivity index is 2.09. The summed E-state index contributed by atoms with van der Waals surface area (Å²) in [6.07, 6.45) is 3.83. The van der Waals surface area contributed by atoms with Gasteiger partial charge in [-0.2, -0.15) is 0 Å². The highest BCUT2D eigenvalue weighted by atomic mass is 16.4. The van der Waals surface area contributed by atoms with Gasteiger partial charge in [0, 0.05) is 18.7 Å². The quantitative estimate of drug-likeness (QED) is 0.614. The average Bonchev–Trinajstić information content (AvgIpc) is 2.46. The smallest absolute Gasteiger partial charge is 0.407 e. The van der Waals surface area contributed by atoms with Gasteiger partial charge in [0.25, 0.3) is 0 Å². The zero-order valence-corrected chi connectivity index (χ0v) is 8.56. The molecule has 0 radical (unpaired) electrons. The summed E-state index contributed by atoms with van der Waals surface area (Å²) in [6.45, 7) is 2.34. The first-order valence-corrected chi connectivity index (χ1v) is 5.03. The maximum Gasteiger partial charge on any atom is 0.407 e. The van der Waals surface area contributed by atoms with Crippen molar-refractivity contribution >= 4 is 12.0 Å². The highest BCUT2D eigenvalue weighted by Crippen LogP contribution is 2.30. The molecule has 15 heavy (non-hydrogen) atoms. The predicted octanol–water partition coefficient (Wildman–Crippen LogP) is 0.574. The van der Waals surface area contributed by atoms with Gasteiger partial charge in [-0.1, -0.05) is 6.08 Å². The van der Waals surface area contributed by atoms with E-state index in [9.17, 15) is 9.59 Å². The molecular formula is C10H14N2O3. The largest absolute Gasteiger partial charge is 0.465 e. The van der Waals surface area contributed by atoms with Gasteiger partial charge in [0.2, 0.25) is 5.91 Å². The maximum atomic E-state index is 11.1. The molecule has 2 atom stereocenters. The van der Waals surface area contributed by atoms with E-state index in [4.69, 9.17) is 5.11 Å². The van der Waals surface area contributed by atoms with E-state index in [2.05, 4.69) is 5.32 Å². The molecule has 0 aromatic rings. The van der Waals surface area contributed by atoms with Crippen LogP contribution in [0.1, 0.15) is 19.8 Å². The standard InChI is InChI=1S/C10H14N2O3/c1-7-6-10(3-2-8(13)11-10)4-5-12(7)9(14)15/h2-3,7H,4-6H2,1H3,(H,11,13)(H,14,15)/t7-,10+/m0/s1. The Morgan fingerprint density at radius 2 is 2.47 bits per heavy atom. The number of nitrogens with zero attached hydrogens (tertiary/aromatic N) is 1. The lowest BCUT2D eigenvalue weighted by Crippen LogP contribution is -2.55. The summed E-state index contributed by atoms with van der Waals surface area (Å²) in [6, 6.07) is -0.0562. The van der Waals surface area contributed by atoms with Crippen LogP contribution in [0.3, 0.4) is 0 Å². The Morgan fingerprint density at radius 1 is 1.73 bits per heavy atom. The van der Waals surface area contributed by atoms with Gasteiger partial charge >= 0.3 is 6.09 Å². The monoisotopic (exact) mass is 210 g/mol. The lowest BCUT2D eigenvalue weighted by molar-refractivity contribution is -0.117. The van der Waals surface area contributed by atoms with Crippen LogP contribution in [0.2, 0.25) is 0 Å². The normalized spacial score (nSPS) is 34.6. The van der Waals surface area contributed by atoms with Crippen LogP contribution in [-0.2, 0) is 4.79 Å². The second kappa shape index (κ2) is 3.25. The molecular weight excluding hydrogens is 196 g/mol.